The minimum atomic E-state index is -2.80. The van der Waals surface area contributed by atoms with E-state index in [0.717, 1.165) is 6.92 Å². The van der Waals surface area contributed by atoms with Gasteiger partial charge in [0.25, 0.3) is 5.91 Å². The highest BCUT2D eigenvalue weighted by Gasteiger charge is 2.64. The molecule has 7 N–H and O–H groups in total. The SMILES string of the molecule is CC(=O)Nc1c(O)c2c(c(F)c1CN(C)C)C[C@H]1C[C@H]3[C@H](N(C)C)C(=O)C(C(N)=O)=C(O)[C@@]3(O)C(=O)C1=C2O. The number of nitrogens with one attached hydrogen (secondary N) is 1. The van der Waals surface area contributed by atoms with E-state index in [1.807, 2.05) is 0 Å². The maximum Gasteiger partial charge on any atom is 0.255 e. The molecule has 0 aliphatic heterocycles. The molecule has 39 heavy (non-hydrogen) atoms. The summed E-state index contributed by atoms with van der Waals surface area (Å²) in [5.74, 6) is -9.77. The van der Waals surface area contributed by atoms with Gasteiger partial charge in [0.2, 0.25) is 11.7 Å². The Morgan fingerprint density at radius 3 is 2.28 bits per heavy atom. The summed E-state index contributed by atoms with van der Waals surface area (Å²) in [6.45, 7) is 1.14. The first-order valence-electron chi connectivity index (χ1n) is 12.2. The number of ketones is 2. The summed E-state index contributed by atoms with van der Waals surface area (Å²) >= 11 is 0. The first-order valence-corrected chi connectivity index (χ1v) is 12.2. The molecule has 12 nitrogen and oxygen atoms in total. The molecule has 1 fully saturated rings. The second kappa shape index (κ2) is 9.43. The van der Waals surface area contributed by atoms with Gasteiger partial charge in [0.1, 0.15) is 22.9 Å². The zero-order chi connectivity index (χ0) is 29.3. The average molecular weight is 547 g/mol. The molecule has 1 saturated carbocycles. The van der Waals surface area contributed by atoms with Gasteiger partial charge in [0, 0.05) is 36.1 Å². The number of aliphatic hydroxyl groups is 3. The van der Waals surface area contributed by atoms with Gasteiger partial charge in [-0.3, -0.25) is 24.1 Å². The minimum absolute atomic E-state index is 0.0165. The number of hydrogen-bond donors (Lipinski definition) is 6. The number of fused-ring (bicyclic) bond motifs is 3. The highest BCUT2D eigenvalue weighted by atomic mass is 19.1. The molecule has 4 atom stereocenters. The first-order chi connectivity index (χ1) is 18.0. The normalized spacial score (nSPS) is 26.5. The number of aromatic hydroxyl groups is 1. The Labute approximate surface area is 223 Å². The van der Waals surface area contributed by atoms with E-state index in [4.69, 9.17) is 5.73 Å². The molecule has 0 bridgehead atoms. The topological polar surface area (TPSA) is 194 Å². The van der Waals surface area contributed by atoms with Crippen molar-refractivity contribution in [3.05, 3.63) is 39.4 Å². The number of halogens is 1. The Kier molecular flexibility index (Phi) is 6.82. The summed E-state index contributed by atoms with van der Waals surface area (Å²) in [5.41, 5.74) is 0.309. The number of nitrogens with zero attached hydrogens (tertiary/aromatic N) is 2. The van der Waals surface area contributed by atoms with Gasteiger partial charge in [0.15, 0.2) is 17.1 Å². The summed E-state index contributed by atoms with van der Waals surface area (Å²) in [6.07, 6.45) is -0.364. The van der Waals surface area contributed by atoms with Crippen molar-refractivity contribution in [3.8, 4) is 5.75 Å². The van der Waals surface area contributed by atoms with Crippen molar-refractivity contribution < 1.29 is 44.0 Å². The average Bonchev–Trinajstić information content (AvgIpc) is 2.81. The molecule has 13 heteroatoms. The molecule has 3 aliphatic rings. The van der Waals surface area contributed by atoms with Gasteiger partial charge in [-0.05, 0) is 47.0 Å². The van der Waals surface area contributed by atoms with Crippen LogP contribution in [0.5, 0.6) is 5.75 Å². The smallest absolute Gasteiger partial charge is 0.255 e. The number of rotatable bonds is 5. The molecule has 210 valence electrons. The second-order valence-electron chi connectivity index (χ2n) is 10.8. The third kappa shape index (κ3) is 3.99. The zero-order valence-corrected chi connectivity index (χ0v) is 22.1. The molecule has 0 radical (unpaired) electrons. The van der Waals surface area contributed by atoms with Crippen LogP contribution < -0.4 is 11.1 Å². The van der Waals surface area contributed by atoms with Crippen LogP contribution in [0, 0.1) is 17.7 Å². The molecule has 4 rings (SSSR count). The Hall–Kier alpha value is -3.81. The quantitative estimate of drug-likeness (QED) is 0.218. The highest BCUT2D eigenvalue weighted by Crippen LogP contribution is 2.54. The Bertz CT molecular complexity index is 1400. The summed E-state index contributed by atoms with van der Waals surface area (Å²) in [4.78, 5) is 53.9. The fourth-order valence-electron chi connectivity index (χ4n) is 6.17. The Morgan fingerprint density at radius 1 is 1.15 bits per heavy atom. The number of phenolic OH excluding ortho intramolecular Hbond substituents is 1. The summed E-state index contributed by atoms with van der Waals surface area (Å²) < 4.78 is 16.0. The van der Waals surface area contributed by atoms with Crippen molar-refractivity contribution in [2.75, 3.05) is 33.5 Å². The molecule has 1 aromatic carbocycles. The summed E-state index contributed by atoms with van der Waals surface area (Å²) in [7, 11) is 6.29. The number of primary amides is 1. The number of carbonyl (C=O) groups is 4. The molecule has 0 heterocycles. The van der Waals surface area contributed by atoms with Gasteiger partial charge in [0.05, 0.1) is 17.3 Å². The van der Waals surface area contributed by atoms with Crippen molar-refractivity contribution in [1.82, 2.24) is 9.80 Å². The number of phenols is 1. The number of carbonyl (C=O) groups excluding carboxylic acids is 4. The van der Waals surface area contributed by atoms with E-state index >= 15 is 4.39 Å². The van der Waals surface area contributed by atoms with E-state index in [2.05, 4.69) is 5.32 Å². The molecular weight excluding hydrogens is 515 g/mol. The van der Waals surface area contributed by atoms with Crippen LogP contribution in [0.4, 0.5) is 10.1 Å². The molecule has 2 amide bonds. The number of aliphatic hydroxyl groups excluding tert-OH is 2. The van der Waals surface area contributed by atoms with Crippen LogP contribution in [0.25, 0.3) is 5.76 Å². The lowest BCUT2D eigenvalue weighted by atomic mass is 9.57. The highest BCUT2D eigenvalue weighted by molar-refractivity contribution is 6.24. The van der Waals surface area contributed by atoms with Crippen molar-refractivity contribution in [2.45, 2.75) is 38.0 Å². The largest absolute Gasteiger partial charge is 0.508 e. The zero-order valence-electron chi connectivity index (χ0n) is 22.1. The number of benzene rings is 1. The van der Waals surface area contributed by atoms with E-state index in [1.165, 1.54) is 19.0 Å². The van der Waals surface area contributed by atoms with Crippen LogP contribution in [0.3, 0.4) is 0 Å². The summed E-state index contributed by atoms with van der Waals surface area (Å²) in [6, 6.07) is -1.24. The predicted octanol–water partition coefficient (Wildman–Crippen LogP) is 0.123. The standard InChI is InChI=1S/C26H31FN4O8/c1-9(32)29-18-12(8-30(2)3)17(27)11-6-10-7-13-19(31(4)5)22(35)16(25(28)38)24(37)26(13,39)23(36)14(10)20(33)15(11)21(18)34/h10,13,19,33-34,37,39H,6-8H2,1-5H3,(H2,28,38)(H,29,32)/t10-,13-,19-,26-/m0/s1. The number of likely N-dealkylation sites (N-methyl/N-ethyl adjacent to an activating group) is 1. The lowest BCUT2D eigenvalue weighted by Gasteiger charge is -2.50. The third-order valence-electron chi connectivity index (χ3n) is 7.70. The van der Waals surface area contributed by atoms with Gasteiger partial charge >= 0.3 is 0 Å². The lowest BCUT2D eigenvalue weighted by Crippen LogP contribution is -2.65. The van der Waals surface area contributed by atoms with Gasteiger partial charge in [-0.1, -0.05) is 0 Å². The van der Waals surface area contributed by atoms with Gasteiger partial charge in [-0.15, -0.1) is 0 Å². The van der Waals surface area contributed by atoms with E-state index in [9.17, 15) is 39.6 Å². The number of anilines is 1. The number of amides is 2. The van der Waals surface area contributed by atoms with Crippen molar-refractivity contribution >= 4 is 34.8 Å². The molecule has 0 aromatic heterocycles. The van der Waals surface area contributed by atoms with Gasteiger partial charge in [-0.2, -0.15) is 0 Å². The van der Waals surface area contributed by atoms with Crippen LogP contribution >= 0.6 is 0 Å². The molecule has 0 spiro atoms. The third-order valence-corrected chi connectivity index (χ3v) is 7.70. The predicted molar refractivity (Wildman–Crippen MR) is 136 cm³/mol. The van der Waals surface area contributed by atoms with E-state index in [-0.39, 0.29) is 36.2 Å². The molecule has 1 aromatic rings. The summed E-state index contributed by atoms with van der Waals surface area (Å²) in [5, 5.41) is 47.3. The Morgan fingerprint density at radius 2 is 1.77 bits per heavy atom. The van der Waals surface area contributed by atoms with Crippen LogP contribution in [-0.4, -0.2) is 93.4 Å². The van der Waals surface area contributed by atoms with Crippen LogP contribution in [0.2, 0.25) is 0 Å². The van der Waals surface area contributed by atoms with Crippen molar-refractivity contribution in [2.24, 2.45) is 17.6 Å². The van der Waals surface area contributed by atoms with Crippen molar-refractivity contribution in [3.63, 3.8) is 0 Å². The number of Topliss-reactive ketones (excluding diaryl/α,β-unsaturated/α-hetero) is 2. The van der Waals surface area contributed by atoms with E-state index in [1.54, 1.807) is 19.0 Å². The minimum Gasteiger partial charge on any atom is -0.508 e. The second-order valence-corrected chi connectivity index (χ2v) is 10.8. The Balaban J connectivity index is 2.01. The monoisotopic (exact) mass is 546 g/mol. The van der Waals surface area contributed by atoms with Crippen molar-refractivity contribution in [1.29, 1.82) is 0 Å². The van der Waals surface area contributed by atoms with Gasteiger partial charge in [-0.25, -0.2) is 4.39 Å². The fourth-order valence-corrected chi connectivity index (χ4v) is 6.17. The fraction of sp³-hybridized carbons (Fsp3) is 0.462. The molecule has 3 aliphatic carbocycles. The van der Waals surface area contributed by atoms with Crippen LogP contribution in [-0.2, 0) is 32.1 Å². The molecule has 0 unspecified atom stereocenters. The first kappa shape index (κ1) is 28.2. The number of nitrogens with two attached hydrogens (primary N) is 1. The molecular formula is C26H31FN4O8. The van der Waals surface area contributed by atoms with Crippen LogP contribution in [0.1, 0.15) is 30.0 Å². The van der Waals surface area contributed by atoms with Crippen LogP contribution in [0.15, 0.2) is 16.9 Å². The lowest BCUT2D eigenvalue weighted by molar-refractivity contribution is -0.153. The van der Waals surface area contributed by atoms with E-state index < -0.39 is 86.7 Å². The van der Waals surface area contributed by atoms with E-state index in [0.29, 0.717) is 0 Å². The van der Waals surface area contributed by atoms with Gasteiger partial charge < -0.3 is 36.4 Å². The molecule has 0 saturated heterocycles. The maximum atomic E-state index is 16.0. The number of hydrogen-bond acceptors (Lipinski definition) is 10. The maximum absolute atomic E-state index is 16.0.